The summed E-state index contributed by atoms with van der Waals surface area (Å²) < 4.78 is 0.818. The number of carbonyl (C=O) groups excluding carboxylic acids is 2. The molecule has 1 atom stereocenters. The minimum absolute atomic E-state index is 0.0213. The van der Waals surface area contributed by atoms with Gasteiger partial charge in [-0.25, -0.2) is 4.79 Å². The minimum atomic E-state index is -1.05. The summed E-state index contributed by atoms with van der Waals surface area (Å²) in [6.45, 7) is 6.38. The van der Waals surface area contributed by atoms with Gasteiger partial charge in [-0.3, -0.25) is 9.59 Å². The molecule has 1 aliphatic heterocycles. The molecule has 0 saturated carbocycles. The van der Waals surface area contributed by atoms with Crippen molar-refractivity contribution in [3.8, 4) is 0 Å². The van der Waals surface area contributed by atoms with Crippen molar-refractivity contribution in [2.75, 3.05) is 0 Å². The lowest BCUT2D eigenvalue weighted by Crippen LogP contribution is -2.29. The van der Waals surface area contributed by atoms with Gasteiger partial charge in [0.2, 0.25) is 0 Å². The van der Waals surface area contributed by atoms with Gasteiger partial charge in [-0.2, -0.15) is 0 Å². The highest BCUT2D eigenvalue weighted by Gasteiger charge is 2.46. The van der Waals surface area contributed by atoms with E-state index < -0.39 is 23.7 Å². The Hall–Kier alpha value is -3.71. The maximum atomic E-state index is 13.2. The molecule has 36 heavy (non-hydrogen) atoms. The number of halogens is 1. The number of carboxylic acids is 1. The highest BCUT2D eigenvalue weighted by Crippen LogP contribution is 2.41. The van der Waals surface area contributed by atoms with Gasteiger partial charge in [-0.15, -0.1) is 0 Å². The zero-order chi connectivity index (χ0) is 26.2. The number of amides is 1. The van der Waals surface area contributed by atoms with Crippen molar-refractivity contribution >= 4 is 39.3 Å². The first kappa shape index (κ1) is 25.4. The largest absolute Gasteiger partial charge is 0.507 e. The third kappa shape index (κ3) is 4.97. The summed E-state index contributed by atoms with van der Waals surface area (Å²) in [6, 6.07) is 19.9. The standard InChI is InChI=1S/C29H26BrNO5/c1-29(2,3)21-12-8-18(9-13-21)24-23(25(32)19-10-14-22(30)15-11-19)26(33)27(34)31(24)16-17-4-6-20(7-5-17)28(35)36/h4-15,24,32H,16H2,1-3H3,(H,35,36)/b25-23+. The van der Waals surface area contributed by atoms with E-state index in [2.05, 4.69) is 36.7 Å². The predicted molar refractivity (Wildman–Crippen MR) is 141 cm³/mol. The molecule has 3 aromatic rings. The van der Waals surface area contributed by atoms with E-state index in [4.69, 9.17) is 0 Å². The molecule has 0 radical (unpaired) electrons. The molecule has 1 saturated heterocycles. The lowest BCUT2D eigenvalue weighted by Gasteiger charge is -2.26. The number of carboxylic acid groups (broad SMARTS) is 1. The molecule has 1 amide bonds. The Morgan fingerprint density at radius 3 is 1.94 bits per heavy atom. The molecule has 0 aliphatic carbocycles. The van der Waals surface area contributed by atoms with Crippen LogP contribution in [0.1, 0.15) is 59.4 Å². The highest BCUT2D eigenvalue weighted by atomic mass is 79.9. The number of aliphatic hydroxyl groups is 1. The van der Waals surface area contributed by atoms with Gasteiger partial charge < -0.3 is 15.1 Å². The molecular weight excluding hydrogens is 522 g/mol. The summed E-state index contributed by atoms with van der Waals surface area (Å²) in [4.78, 5) is 39.1. The van der Waals surface area contributed by atoms with E-state index in [9.17, 15) is 24.6 Å². The number of hydrogen-bond donors (Lipinski definition) is 2. The van der Waals surface area contributed by atoms with Crippen LogP contribution in [0.3, 0.4) is 0 Å². The molecule has 6 nitrogen and oxygen atoms in total. The van der Waals surface area contributed by atoms with E-state index in [-0.39, 0.29) is 28.9 Å². The first-order valence-corrected chi connectivity index (χ1v) is 12.2. The Labute approximate surface area is 218 Å². The lowest BCUT2D eigenvalue weighted by molar-refractivity contribution is -0.140. The van der Waals surface area contributed by atoms with Crippen molar-refractivity contribution in [1.82, 2.24) is 4.90 Å². The van der Waals surface area contributed by atoms with E-state index in [1.165, 1.54) is 17.0 Å². The van der Waals surface area contributed by atoms with Crippen LogP contribution in [0.5, 0.6) is 0 Å². The molecule has 4 rings (SSSR count). The van der Waals surface area contributed by atoms with Crippen molar-refractivity contribution in [1.29, 1.82) is 0 Å². The van der Waals surface area contributed by atoms with Gasteiger partial charge in [0, 0.05) is 16.6 Å². The SMILES string of the molecule is CC(C)(C)c1ccc(C2/C(=C(\O)c3ccc(Br)cc3)C(=O)C(=O)N2Cc2ccc(C(=O)O)cc2)cc1. The fourth-order valence-electron chi connectivity index (χ4n) is 4.27. The Morgan fingerprint density at radius 2 is 1.42 bits per heavy atom. The number of hydrogen-bond acceptors (Lipinski definition) is 4. The quantitative estimate of drug-likeness (QED) is 0.230. The maximum absolute atomic E-state index is 13.2. The molecule has 0 spiro atoms. The van der Waals surface area contributed by atoms with Crippen molar-refractivity contribution in [3.63, 3.8) is 0 Å². The molecule has 3 aromatic carbocycles. The lowest BCUT2D eigenvalue weighted by atomic mass is 9.85. The summed E-state index contributed by atoms with van der Waals surface area (Å²) in [5, 5.41) is 20.4. The molecule has 7 heteroatoms. The Bertz CT molecular complexity index is 1350. The fourth-order valence-corrected chi connectivity index (χ4v) is 4.53. The van der Waals surface area contributed by atoms with Gasteiger partial charge in [0.05, 0.1) is 17.2 Å². The van der Waals surface area contributed by atoms with Gasteiger partial charge in [0.25, 0.3) is 11.7 Å². The van der Waals surface area contributed by atoms with E-state index in [1.807, 2.05) is 24.3 Å². The normalized spacial score (nSPS) is 17.4. The number of carbonyl (C=O) groups is 3. The monoisotopic (exact) mass is 547 g/mol. The van der Waals surface area contributed by atoms with Crippen LogP contribution in [-0.2, 0) is 21.5 Å². The van der Waals surface area contributed by atoms with E-state index >= 15 is 0 Å². The van der Waals surface area contributed by atoms with Crippen molar-refractivity contribution in [3.05, 3.63) is 111 Å². The number of ketones is 1. The van der Waals surface area contributed by atoms with Crippen LogP contribution in [0.25, 0.3) is 5.76 Å². The zero-order valence-electron chi connectivity index (χ0n) is 20.2. The topological polar surface area (TPSA) is 94.9 Å². The van der Waals surface area contributed by atoms with Gasteiger partial charge in [0.1, 0.15) is 5.76 Å². The van der Waals surface area contributed by atoms with E-state index in [1.54, 1.807) is 36.4 Å². The summed E-state index contributed by atoms with van der Waals surface area (Å²) in [7, 11) is 0. The third-order valence-corrected chi connectivity index (χ3v) is 6.83. The Balaban J connectivity index is 1.82. The molecular formula is C29H26BrNO5. The first-order valence-electron chi connectivity index (χ1n) is 11.4. The third-order valence-electron chi connectivity index (χ3n) is 6.30. The van der Waals surface area contributed by atoms with Gasteiger partial charge in [-0.1, -0.05) is 85.2 Å². The van der Waals surface area contributed by atoms with Crippen LogP contribution >= 0.6 is 15.9 Å². The highest BCUT2D eigenvalue weighted by molar-refractivity contribution is 9.10. The second-order valence-corrected chi connectivity index (χ2v) is 10.7. The van der Waals surface area contributed by atoms with Crippen LogP contribution in [0.15, 0.2) is 82.8 Å². The molecule has 0 bridgehead atoms. The summed E-state index contributed by atoms with van der Waals surface area (Å²) in [6.07, 6.45) is 0. The number of Topliss-reactive ketones (excluding diaryl/α,β-unsaturated/α-hetero) is 1. The summed E-state index contributed by atoms with van der Waals surface area (Å²) >= 11 is 3.37. The van der Waals surface area contributed by atoms with Crippen LogP contribution in [0, 0.1) is 0 Å². The molecule has 2 N–H and O–H groups in total. The fraction of sp³-hybridized carbons (Fsp3) is 0.207. The van der Waals surface area contributed by atoms with Crippen LogP contribution < -0.4 is 0 Å². The van der Waals surface area contributed by atoms with Crippen LogP contribution in [-0.4, -0.2) is 32.8 Å². The maximum Gasteiger partial charge on any atom is 0.335 e. The zero-order valence-corrected chi connectivity index (χ0v) is 21.7. The van der Waals surface area contributed by atoms with Crippen LogP contribution in [0.2, 0.25) is 0 Å². The van der Waals surface area contributed by atoms with Crippen LogP contribution in [0.4, 0.5) is 0 Å². The average molecular weight is 548 g/mol. The Morgan fingerprint density at radius 1 is 0.861 bits per heavy atom. The molecule has 1 heterocycles. The number of likely N-dealkylation sites (tertiary alicyclic amines) is 1. The van der Waals surface area contributed by atoms with Gasteiger partial charge in [0.15, 0.2) is 0 Å². The molecule has 0 aromatic heterocycles. The number of aliphatic hydroxyl groups excluding tert-OH is 1. The second-order valence-electron chi connectivity index (χ2n) is 9.81. The van der Waals surface area contributed by atoms with Gasteiger partial charge in [-0.05, 0) is 46.4 Å². The average Bonchev–Trinajstić information content (AvgIpc) is 3.09. The molecule has 184 valence electrons. The number of nitrogens with zero attached hydrogens (tertiary/aromatic N) is 1. The summed E-state index contributed by atoms with van der Waals surface area (Å²) in [5.74, 6) is -2.77. The molecule has 1 fully saturated rings. The van der Waals surface area contributed by atoms with Crippen molar-refractivity contribution < 1.29 is 24.6 Å². The smallest absolute Gasteiger partial charge is 0.335 e. The van der Waals surface area contributed by atoms with Crippen molar-refractivity contribution in [2.45, 2.75) is 38.8 Å². The number of rotatable bonds is 5. The molecule has 1 unspecified atom stereocenters. The number of aromatic carboxylic acids is 1. The van der Waals surface area contributed by atoms with Gasteiger partial charge >= 0.3 is 5.97 Å². The first-order chi connectivity index (χ1) is 17.0. The Kier molecular flexibility index (Phi) is 6.87. The number of benzene rings is 3. The minimum Gasteiger partial charge on any atom is -0.507 e. The predicted octanol–water partition coefficient (Wildman–Crippen LogP) is 6.07. The summed E-state index contributed by atoms with van der Waals surface area (Å²) in [5.41, 5.74) is 2.96. The van der Waals surface area contributed by atoms with E-state index in [0.29, 0.717) is 16.7 Å². The molecule has 1 aliphatic rings. The van der Waals surface area contributed by atoms with E-state index in [0.717, 1.165) is 10.0 Å². The van der Waals surface area contributed by atoms with Crippen molar-refractivity contribution in [2.24, 2.45) is 0 Å². The second kappa shape index (κ2) is 9.74.